The van der Waals surface area contributed by atoms with Crippen LogP contribution in [0.25, 0.3) is 6.08 Å². The number of ether oxygens (including phenoxy) is 1. The minimum Gasteiger partial charge on any atom is -0.494 e. The fourth-order valence-corrected chi connectivity index (χ4v) is 1.73. The van der Waals surface area contributed by atoms with Gasteiger partial charge in [-0.15, -0.1) is 0 Å². The second-order valence-corrected chi connectivity index (χ2v) is 4.48. The van der Waals surface area contributed by atoms with Gasteiger partial charge in [0.05, 0.1) is 6.61 Å². The zero-order chi connectivity index (χ0) is 14.6. The molecule has 0 saturated carbocycles. The van der Waals surface area contributed by atoms with Gasteiger partial charge < -0.3 is 15.8 Å². The van der Waals surface area contributed by atoms with Gasteiger partial charge in [0, 0.05) is 12.6 Å². The molecular weight excluding hydrogens is 252 g/mol. The Hall–Kier alpha value is -1.81. The molecule has 0 fully saturated rings. The molecule has 0 spiro atoms. The maximum atomic E-state index is 11.6. The highest BCUT2D eigenvalue weighted by Gasteiger charge is 1.96. The predicted octanol–water partition coefficient (Wildman–Crippen LogP) is 2.34. The third-order valence-electron chi connectivity index (χ3n) is 2.80. The van der Waals surface area contributed by atoms with Crippen molar-refractivity contribution in [2.45, 2.75) is 26.2 Å². The van der Waals surface area contributed by atoms with Crippen LogP contribution in [0.2, 0.25) is 0 Å². The van der Waals surface area contributed by atoms with Crippen LogP contribution >= 0.6 is 0 Å². The summed E-state index contributed by atoms with van der Waals surface area (Å²) in [5, 5.41) is 2.85. The van der Waals surface area contributed by atoms with Crippen LogP contribution in [-0.2, 0) is 4.79 Å². The molecule has 0 saturated heterocycles. The lowest BCUT2D eigenvalue weighted by molar-refractivity contribution is -0.116. The average molecular weight is 276 g/mol. The van der Waals surface area contributed by atoms with Gasteiger partial charge in [0.2, 0.25) is 5.91 Å². The minimum absolute atomic E-state index is 0.0633. The van der Waals surface area contributed by atoms with Crippen molar-refractivity contribution >= 4 is 12.0 Å². The Morgan fingerprint density at radius 3 is 2.65 bits per heavy atom. The lowest BCUT2D eigenvalue weighted by Crippen LogP contribution is -2.22. The van der Waals surface area contributed by atoms with Crippen LogP contribution in [0.5, 0.6) is 5.75 Å². The summed E-state index contributed by atoms with van der Waals surface area (Å²) >= 11 is 0. The van der Waals surface area contributed by atoms with Crippen molar-refractivity contribution in [3.8, 4) is 5.75 Å². The largest absolute Gasteiger partial charge is 0.494 e. The van der Waals surface area contributed by atoms with Crippen LogP contribution in [0.4, 0.5) is 0 Å². The van der Waals surface area contributed by atoms with E-state index in [1.165, 1.54) is 0 Å². The van der Waals surface area contributed by atoms with E-state index < -0.39 is 0 Å². The number of nitrogens with two attached hydrogens (primary N) is 1. The smallest absolute Gasteiger partial charge is 0.243 e. The Morgan fingerprint density at radius 1 is 1.25 bits per heavy atom. The maximum absolute atomic E-state index is 11.6. The molecule has 0 bridgehead atoms. The van der Waals surface area contributed by atoms with E-state index in [0.29, 0.717) is 19.7 Å². The molecule has 0 heterocycles. The number of amides is 1. The molecule has 1 aromatic carbocycles. The molecule has 0 atom stereocenters. The summed E-state index contributed by atoms with van der Waals surface area (Å²) in [6.45, 7) is 4.02. The van der Waals surface area contributed by atoms with Crippen LogP contribution in [0, 0.1) is 0 Å². The number of unbranched alkanes of at least 4 members (excludes halogenated alkanes) is 2. The van der Waals surface area contributed by atoms with Crippen molar-refractivity contribution in [3.63, 3.8) is 0 Å². The van der Waals surface area contributed by atoms with E-state index in [0.717, 1.165) is 30.6 Å². The number of hydrogen-bond acceptors (Lipinski definition) is 3. The molecule has 0 aliphatic carbocycles. The highest BCUT2D eigenvalue weighted by atomic mass is 16.5. The van der Waals surface area contributed by atoms with E-state index in [4.69, 9.17) is 10.5 Å². The zero-order valence-corrected chi connectivity index (χ0v) is 12.1. The summed E-state index contributed by atoms with van der Waals surface area (Å²) < 4.78 is 5.36. The molecule has 20 heavy (non-hydrogen) atoms. The van der Waals surface area contributed by atoms with Gasteiger partial charge in [-0.25, -0.2) is 0 Å². The van der Waals surface area contributed by atoms with Crippen molar-refractivity contribution in [2.75, 3.05) is 19.7 Å². The highest BCUT2D eigenvalue weighted by molar-refractivity contribution is 5.91. The average Bonchev–Trinajstić information content (AvgIpc) is 2.47. The first kappa shape index (κ1) is 16.2. The molecular formula is C16H24N2O2. The van der Waals surface area contributed by atoms with Gasteiger partial charge in [-0.05, 0) is 50.1 Å². The summed E-state index contributed by atoms with van der Waals surface area (Å²) in [7, 11) is 0. The second kappa shape index (κ2) is 10.0. The predicted molar refractivity (Wildman–Crippen MR) is 82.6 cm³/mol. The molecule has 1 rings (SSSR count). The van der Waals surface area contributed by atoms with Crippen LogP contribution in [-0.4, -0.2) is 25.6 Å². The number of hydrogen-bond donors (Lipinski definition) is 2. The third kappa shape index (κ3) is 6.95. The van der Waals surface area contributed by atoms with Crippen LogP contribution in [0.15, 0.2) is 30.3 Å². The van der Waals surface area contributed by atoms with Gasteiger partial charge in [-0.2, -0.15) is 0 Å². The Balaban J connectivity index is 2.29. The second-order valence-electron chi connectivity index (χ2n) is 4.48. The van der Waals surface area contributed by atoms with Crippen LogP contribution < -0.4 is 15.8 Å². The van der Waals surface area contributed by atoms with E-state index in [1.807, 2.05) is 31.2 Å². The lowest BCUT2D eigenvalue weighted by atomic mass is 10.2. The molecule has 1 aromatic rings. The molecule has 0 radical (unpaired) electrons. The highest BCUT2D eigenvalue weighted by Crippen LogP contribution is 2.12. The van der Waals surface area contributed by atoms with Crippen molar-refractivity contribution in [3.05, 3.63) is 35.9 Å². The number of nitrogens with one attached hydrogen (secondary N) is 1. The Bertz CT molecular complexity index is 413. The molecule has 4 nitrogen and oxygen atoms in total. The number of benzene rings is 1. The fourth-order valence-electron chi connectivity index (χ4n) is 1.73. The van der Waals surface area contributed by atoms with Gasteiger partial charge in [-0.3, -0.25) is 4.79 Å². The van der Waals surface area contributed by atoms with E-state index in [1.54, 1.807) is 12.2 Å². The van der Waals surface area contributed by atoms with Crippen LogP contribution in [0.3, 0.4) is 0 Å². The van der Waals surface area contributed by atoms with E-state index in [-0.39, 0.29) is 5.91 Å². The third-order valence-corrected chi connectivity index (χ3v) is 2.80. The summed E-state index contributed by atoms with van der Waals surface area (Å²) in [6, 6.07) is 7.65. The van der Waals surface area contributed by atoms with Crippen molar-refractivity contribution in [1.82, 2.24) is 5.32 Å². The minimum atomic E-state index is -0.0633. The Morgan fingerprint density at radius 2 is 2.00 bits per heavy atom. The molecule has 110 valence electrons. The first-order chi connectivity index (χ1) is 9.76. The van der Waals surface area contributed by atoms with Gasteiger partial charge in [-0.1, -0.05) is 18.6 Å². The van der Waals surface area contributed by atoms with Gasteiger partial charge >= 0.3 is 0 Å². The summed E-state index contributed by atoms with van der Waals surface area (Å²) in [4.78, 5) is 11.6. The summed E-state index contributed by atoms with van der Waals surface area (Å²) in [6.07, 6.45) is 6.39. The van der Waals surface area contributed by atoms with Gasteiger partial charge in [0.1, 0.15) is 5.75 Å². The number of carbonyl (C=O) groups excluding carboxylic acids is 1. The Kier molecular flexibility index (Phi) is 8.15. The SMILES string of the molecule is CCOc1ccc(/C=C/C(=O)NCCCCCN)cc1. The van der Waals surface area contributed by atoms with E-state index >= 15 is 0 Å². The van der Waals surface area contributed by atoms with Crippen molar-refractivity contribution in [2.24, 2.45) is 5.73 Å². The maximum Gasteiger partial charge on any atom is 0.243 e. The first-order valence-corrected chi connectivity index (χ1v) is 7.15. The van der Waals surface area contributed by atoms with Crippen LogP contribution in [0.1, 0.15) is 31.7 Å². The molecule has 4 heteroatoms. The molecule has 0 aromatic heterocycles. The molecule has 0 aliphatic rings. The van der Waals surface area contributed by atoms with E-state index in [9.17, 15) is 4.79 Å². The lowest BCUT2D eigenvalue weighted by Gasteiger charge is -2.03. The summed E-state index contributed by atoms with van der Waals surface area (Å²) in [5.41, 5.74) is 6.38. The van der Waals surface area contributed by atoms with E-state index in [2.05, 4.69) is 5.32 Å². The Labute approximate surface area is 121 Å². The number of rotatable bonds is 9. The van der Waals surface area contributed by atoms with Gasteiger partial charge in [0.15, 0.2) is 0 Å². The first-order valence-electron chi connectivity index (χ1n) is 7.15. The summed E-state index contributed by atoms with van der Waals surface area (Å²) in [5.74, 6) is 0.778. The van der Waals surface area contributed by atoms with Crippen molar-refractivity contribution < 1.29 is 9.53 Å². The zero-order valence-electron chi connectivity index (χ0n) is 12.1. The monoisotopic (exact) mass is 276 g/mol. The normalized spacial score (nSPS) is 10.7. The molecule has 1 amide bonds. The standard InChI is InChI=1S/C16H24N2O2/c1-2-20-15-9-6-14(7-10-15)8-11-16(19)18-13-5-3-4-12-17/h6-11H,2-5,12-13,17H2,1H3,(H,18,19)/b11-8+. The topological polar surface area (TPSA) is 64.3 Å². The molecule has 0 unspecified atom stereocenters. The quantitative estimate of drug-likeness (QED) is 0.537. The van der Waals surface area contributed by atoms with Crippen molar-refractivity contribution in [1.29, 1.82) is 0 Å². The van der Waals surface area contributed by atoms with Gasteiger partial charge in [0.25, 0.3) is 0 Å². The fraction of sp³-hybridized carbons (Fsp3) is 0.438. The number of carbonyl (C=O) groups is 1. The molecule has 0 aliphatic heterocycles. The molecule has 3 N–H and O–H groups in total.